The van der Waals surface area contributed by atoms with E-state index in [0.29, 0.717) is 10.2 Å². The maximum atomic E-state index is 12.8. The van der Waals surface area contributed by atoms with Crippen molar-refractivity contribution < 1.29 is 9.53 Å². The Balaban J connectivity index is 2.20. The summed E-state index contributed by atoms with van der Waals surface area (Å²) in [5, 5.41) is 2.47. The number of hydrogen-bond acceptors (Lipinski definition) is 5. The summed E-state index contributed by atoms with van der Waals surface area (Å²) in [6, 6.07) is 7.26. The second kappa shape index (κ2) is 5.96. The molecule has 0 spiro atoms. The van der Waals surface area contributed by atoms with Gasteiger partial charge in [-0.1, -0.05) is 29.8 Å². The first-order valence-electron chi connectivity index (χ1n) is 7.16. The van der Waals surface area contributed by atoms with Crippen LogP contribution in [-0.2, 0) is 9.53 Å². The normalized spacial score (nSPS) is 12.3. The van der Waals surface area contributed by atoms with Crippen LogP contribution < -0.4 is 5.56 Å². The second-order valence-corrected chi connectivity index (χ2v) is 6.21. The van der Waals surface area contributed by atoms with Gasteiger partial charge < -0.3 is 4.74 Å². The van der Waals surface area contributed by atoms with Crippen LogP contribution in [0.4, 0.5) is 0 Å². The van der Waals surface area contributed by atoms with Gasteiger partial charge in [0.1, 0.15) is 10.9 Å². The fraction of sp³-hybridized carbons (Fsp3) is 0.235. The minimum absolute atomic E-state index is 0.232. The van der Waals surface area contributed by atoms with E-state index in [1.54, 1.807) is 6.92 Å². The molecular formula is C17H16N2O3S. The van der Waals surface area contributed by atoms with Crippen molar-refractivity contribution >= 4 is 27.5 Å². The van der Waals surface area contributed by atoms with Crippen molar-refractivity contribution in [3.05, 3.63) is 51.9 Å². The molecular weight excluding hydrogens is 312 g/mol. The van der Waals surface area contributed by atoms with Gasteiger partial charge in [-0.05, 0) is 19.4 Å². The highest BCUT2D eigenvalue weighted by molar-refractivity contribution is 7.17. The molecule has 1 atom stereocenters. The zero-order chi connectivity index (χ0) is 16.6. The fourth-order valence-corrected chi connectivity index (χ4v) is 3.36. The number of thiophene rings is 1. The molecule has 118 valence electrons. The Morgan fingerprint density at radius 2 is 2.00 bits per heavy atom. The Kier molecular flexibility index (Phi) is 4.00. The molecule has 2 aromatic heterocycles. The van der Waals surface area contributed by atoms with Gasteiger partial charge in [-0.15, -0.1) is 11.3 Å². The molecule has 23 heavy (non-hydrogen) atoms. The number of esters is 1. The number of carbonyl (C=O) groups is 1. The van der Waals surface area contributed by atoms with E-state index < -0.39 is 12.0 Å². The topological polar surface area (TPSA) is 61.2 Å². The van der Waals surface area contributed by atoms with E-state index in [1.807, 2.05) is 36.6 Å². The number of fused-ring (bicyclic) bond motifs is 1. The SMILES string of the molecule is COC(=O)C(C)n1cnc2scc(-c3ccc(C)cc3)c2c1=O. The molecule has 0 aliphatic carbocycles. The van der Waals surface area contributed by atoms with E-state index in [2.05, 4.69) is 4.98 Å². The van der Waals surface area contributed by atoms with Crippen LogP contribution in [0.5, 0.6) is 0 Å². The Bertz CT molecular complexity index is 925. The number of ether oxygens (including phenoxy) is 1. The van der Waals surface area contributed by atoms with Crippen LogP contribution in [-0.4, -0.2) is 22.6 Å². The van der Waals surface area contributed by atoms with Crippen LogP contribution in [0.15, 0.2) is 40.8 Å². The van der Waals surface area contributed by atoms with Gasteiger partial charge in [0, 0.05) is 10.9 Å². The van der Waals surface area contributed by atoms with Crippen molar-refractivity contribution in [1.82, 2.24) is 9.55 Å². The summed E-state index contributed by atoms with van der Waals surface area (Å²) in [7, 11) is 1.30. The lowest BCUT2D eigenvalue weighted by Gasteiger charge is -2.12. The lowest BCUT2D eigenvalue weighted by molar-refractivity contribution is -0.144. The van der Waals surface area contributed by atoms with E-state index in [1.165, 1.54) is 29.3 Å². The van der Waals surface area contributed by atoms with E-state index >= 15 is 0 Å². The summed E-state index contributed by atoms with van der Waals surface area (Å²) in [4.78, 5) is 29.5. The first-order valence-corrected chi connectivity index (χ1v) is 8.04. The van der Waals surface area contributed by atoms with E-state index in [-0.39, 0.29) is 5.56 Å². The molecule has 0 fully saturated rings. The highest BCUT2D eigenvalue weighted by atomic mass is 32.1. The van der Waals surface area contributed by atoms with Crippen LogP contribution >= 0.6 is 11.3 Å². The Morgan fingerprint density at radius 1 is 1.30 bits per heavy atom. The van der Waals surface area contributed by atoms with Crippen LogP contribution in [0.2, 0.25) is 0 Å². The van der Waals surface area contributed by atoms with E-state index in [4.69, 9.17) is 4.74 Å². The first kappa shape index (κ1) is 15.4. The van der Waals surface area contributed by atoms with Gasteiger partial charge in [0.15, 0.2) is 0 Å². The maximum absolute atomic E-state index is 12.8. The summed E-state index contributed by atoms with van der Waals surface area (Å²) in [5.74, 6) is -0.472. The van der Waals surface area contributed by atoms with Crippen LogP contribution in [0, 0.1) is 6.92 Å². The highest BCUT2D eigenvalue weighted by Crippen LogP contribution is 2.31. The Hall–Kier alpha value is -2.47. The zero-order valence-corrected chi connectivity index (χ0v) is 13.9. The van der Waals surface area contributed by atoms with E-state index in [9.17, 15) is 9.59 Å². The number of aromatic nitrogens is 2. The molecule has 2 heterocycles. The van der Waals surface area contributed by atoms with Gasteiger partial charge in [-0.25, -0.2) is 9.78 Å². The smallest absolute Gasteiger partial charge is 0.328 e. The highest BCUT2D eigenvalue weighted by Gasteiger charge is 2.20. The third-order valence-electron chi connectivity index (χ3n) is 3.84. The Labute approximate surface area is 137 Å². The molecule has 3 rings (SSSR count). The summed E-state index contributed by atoms with van der Waals surface area (Å²) < 4.78 is 6.04. The predicted molar refractivity (Wildman–Crippen MR) is 90.8 cm³/mol. The third kappa shape index (κ3) is 2.66. The van der Waals surface area contributed by atoms with Crippen molar-refractivity contribution in [3.63, 3.8) is 0 Å². The van der Waals surface area contributed by atoms with Gasteiger partial charge >= 0.3 is 5.97 Å². The van der Waals surface area contributed by atoms with Gasteiger partial charge in [0.25, 0.3) is 5.56 Å². The third-order valence-corrected chi connectivity index (χ3v) is 4.73. The lowest BCUT2D eigenvalue weighted by Crippen LogP contribution is -2.29. The van der Waals surface area contributed by atoms with E-state index in [0.717, 1.165) is 16.7 Å². The number of aryl methyl sites for hydroxylation is 1. The molecule has 1 aromatic carbocycles. The second-order valence-electron chi connectivity index (χ2n) is 5.35. The van der Waals surface area contributed by atoms with Crippen molar-refractivity contribution in [2.24, 2.45) is 0 Å². The molecule has 6 heteroatoms. The van der Waals surface area contributed by atoms with Gasteiger partial charge in [-0.2, -0.15) is 0 Å². The monoisotopic (exact) mass is 328 g/mol. The minimum Gasteiger partial charge on any atom is -0.467 e. The van der Waals surface area contributed by atoms with Crippen molar-refractivity contribution in [1.29, 1.82) is 0 Å². The molecule has 0 bridgehead atoms. The number of nitrogens with zero attached hydrogens (tertiary/aromatic N) is 2. The average Bonchev–Trinajstić information content (AvgIpc) is 2.99. The van der Waals surface area contributed by atoms with Crippen LogP contribution in [0.3, 0.4) is 0 Å². The maximum Gasteiger partial charge on any atom is 0.328 e. The summed E-state index contributed by atoms with van der Waals surface area (Å²) in [6.07, 6.45) is 1.40. The van der Waals surface area contributed by atoms with Crippen LogP contribution in [0.1, 0.15) is 18.5 Å². The minimum atomic E-state index is -0.713. The quantitative estimate of drug-likeness (QED) is 0.693. The molecule has 0 saturated carbocycles. The van der Waals surface area contributed by atoms with Crippen molar-refractivity contribution in [2.75, 3.05) is 7.11 Å². The molecule has 0 aliphatic rings. The molecule has 0 N–H and O–H groups in total. The molecule has 1 unspecified atom stereocenters. The molecule has 0 radical (unpaired) electrons. The number of benzene rings is 1. The van der Waals surface area contributed by atoms with Crippen molar-refractivity contribution in [2.45, 2.75) is 19.9 Å². The summed E-state index contributed by atoms with van der Waals surface area (Å²) in [6.45, 7) is 3.64. The molecule has 5 nitrogen and oxygen atoms in total. The molecule has 0 saturated heterocycles. The average molecular weight is 328 g/mol. The molecule has 0 amide bonds. The number of hydrogen-bond donors (Lipinski definition) is 0. The largest absolute Gasteiger partial charge is 0.467 e. The first-order chi connectivity index (χ1) is 11.0. The number of rotatable bonds is 3. The molecule has 0 aliphatic heterocycles. The summed E-state index contributed by atoms with van der Waals surface area (Å²) >= 11 is 1.42. The fourth-order valence-electron chi connectivity index (χ4n) is 2.45. The number of carbonyl (C=O) groups excluding carboxylic acids is 1. The molecule has 3 aromatic rings. The lowest BCUT2D eigenvalue weighted by atomic mass is 10.1. The van der Waals surface area contributed by atoms with Gasteiger partial charge in [0.2, 0.25) is 0 Å². The van der Waals surface area contributed by atoms with Gasteiger partial charge in [-0.3, -0.25) is 9.36 Å². The Morgan fingerprint density at radius 3 is 2.65 bits per heavy atom. The predicted octanol–water partition coefficient (Wildman–Crippen LogP) is 3.17. The standard InChI is InChI=1S/C17H16N2O3S/c1-10-4-6-12(7-5-10)13-8-23-15-14(13)16(20)19(9-18-15)11(2)17(21)22-3/h4-9,11H,1-3H3. The van der Waals surface area contributed by atoms with Crippen LogP contribution in [0.25, 0.3) is 21.3 Å². The van der Waals surface area contributed by atoms with Crippen molar-refractivity contribution in [3.8, 4) is 11.1 Å². The zero-order valence-electron chi connectivity index (χ0n) is 13.1. The summed E-state index contributed by atoms with van der Waals surface area (Å²) in [5.41, 5.74) is 2.73. The van der Waals surface area contributed by atoms with Gasteiger partial charge in [0.05, 0.1) is 18.8 Å². The number of methoxy groups -OCH3 is 1.